The van der Waals surface area contributed by atoms with Crippen LogP contribution in [0.3, 0.4) is 0 Å². The lowest BCUT2D eigenvalue weighted by Gasteiger charge is -2.14. The normalized spacial score (nSPS) is 10.8. The van der Waals surface area contributed by atoms with Crippen LogP contribution < -0.4 is 15.6 Å². The average molecular weight is 497 g/mol. The number of nitro groups is 1. The fourth-order valence-corrected chi connectivity index (χ4v) is 4.24. The van der Waals surface area contributed by atoms with E-state index >= 15 is 0 Å². The third kappa shape index (κ3) is 4.87. The molecular weight excluding hydrogens is 480 g/mol. The summed E-state index contributed by atoms with van der Waals surface area (Å²) in [4.78, 5) is 41.2. The Morgan fingerprint density at radius 3 is 2.74 bits per heavy atom. The first-order valence-corrected chi connectivity index (χ1v) is 11.3. The van der Waals surface area contributed by atoms with Crippen LogP contribution in [-0.2, 0) is 4.79 Å². The van der Waals surface area contributed by atoms with Gasteiger partial charge in [-0.2, -0.15) is 0 Å². The molecule has 0 saturated carbocycles. The summed E-state index contributed by atoms with van der Waals surface area (Å²) in [5.41, 5.74) is 0.427. The van der Waals surface area contributed by atoms with Gasteiger partial charge in [-0.15, -0.1) is 0 Å². The summed E-state index contributed by atoms with van der Waals surface area (Å²) in [6.07, 6.45) is 0. The zero-order chi connectivity index (χ0) is 24.2. The molecule has 1 amide bonds. The highest BCUT2D eigenvalue weighted by atomic mass is 35.5. The van der Waals surface area contributed by atoms with E-state index in [0.717, 1.165) is 17.8 Å². The molecule has 4 aromatic rings. The average Bonchev–Trinajstić information content (AvgIpc) is 2.84. The van der Waals surface area contributed by atoms with Crippen LogP contribution in [0.5, 0.6) is 5.75 Å². The minimum absolute atomic E-state index is 0.0247. The van der Waals surface area contributed by atoms with E-state index in [1.165, 1.54) is 23.8 Å². The molecular formula is C23H17ClN4O5S. The third-order valence-corrected chi connectivity index (χ3v) is 5.99. The maximum absolute atomic E-state index is 13.3. The fourth-order valence-electron chi connectivity index (χ4n) is 3.26. The highest BCUT2D eigenvalue weighted by Gasteiger charge is 2.19. The number of ether oxygens (including phenoxy) is 1. The molecule has 1 heterocycles. The number of rotatable bonds is 7. The standard InChI is InChI=1S/C23H17ClN4O5S/c1-33-16-6-4-5-15(12-16)27-22(30)17-7-2-3-8-18(17)26-23(27)34-13-21(29)25-19-10-9-14(24)11-20(19)28(31)32/h2-12H,13H2,1H3,(H,25,29). The van der Waals surface area contributed by atoms with Gasteiger partial charge < -0.3 is 10.1 Å². The van der Waals surface area contributed by atoms with E-state index in [9.17, 15) is 19.7 Å². The SMILES string of the molecule is COc1cccc(-n2c(SCC(=O)Nc3ccc(Cl)cc3[N+](=O)[O-])nc3ccccc3c2=O)c1. The third-order valence-electron chi connectivity index (χ3n) is 4.82. The Labute approximate surface area is 202 Å². The Bertz CT molecular complexity index is 1470. The Kier molecular flexibility index (Phi) is 6.80. The molecule has 172 valence electrons. The van der Waals surface area contributed by atoms with Crippen molar-refractivity contribution in [3.05, 3.63) is 92.2 Å². The topological polar surface area (TPSA) is 116 Å². The van der Waals surface area contributed by atoms with Crippen molar-refractivity contribution in [1.82, 2.24) is 9.55 Å². The second kappa shape index (κ2) is 9.94. The second-order valence-electron chi connectivity index (χ2n) is 7.01. The Hall–Kier alpha value is -3.89. The van der Waals surface area contributed by atoms with Crippen molar-refractivity contribution in [1.29, 1.82) is 0 Å². The zero-order valence-corrected chi connectivity index (χ0v) is 19.3. The van der Waals surface area contributed by atoms with Crippen molar-refractivity contribution in [2.75, 3.05) is 18.2 Å². The lowest BCUT2D eigenvalue weighted by atomic mass is 10.2. The monoisotopic (exact) mass is 496 g/mol. The molecule has 0 saturated heterocycles. The van der Waals surface area contributed by atoms with Gasteiger partial charge in [-0.1, -0.05) is 41.6 Å². The molecule has 0 unspecified atom stereocenters. The van der Waals surface area contributed by atoms with E-state index in [0.29, 0.717) is 22.3 Å². The van der Waals surface area contributed by atoms with Gasteiger partial charge in [0.2, 0.25) is 5.91 Å². The zero-order valence-electron chi connectivity index (χ0n) is 17.7. The van der Waals surface area contributed by atoms with Crippen LogP contribution in [0.4, 0.5) is 11.4 Å². The number of anilines is 1. The van der Waals surface area contributed by atoms with Crippen LogP contribution >= 0.6 is 23.4 Å². The largest absolute Gasteiger partial charge is 0.497 e. The Morgan fingerprint density at radius 1 is 1.18 bits per heavy atom. The van der Waals surface area contributed by atoms with Crippen molar-refractivity contribution >= 4 is 51.5 Å². The molecule has 11 heteroatoms. The number of methoxy groups -OCH3 is 1. The van der Waals surface area contributed by atoms with Crippen LogP contribution in [0.15, 0.2) is 76.7 Å². The molecule has 0 atom stereocenters. The maximum atomic E-state index is 13.3. The van der Waals surface area contributed by atoms with E-state index < -0.39 is 10.8 Å². The lowest BCUT2D eigenvalue weighted by molar-refractivity contribution is -0.383. The molecule has 34 heavy (non-hydrogen) atoms. The van der Waals surface area contributed by atoms with Gasteiger partial charge in [0.1, 0.15) is 11.4 Å². The molecule has 0 aliphatic rings. The predicted octanol–water partition coefficient (Wildman–Crippen LogP) is 4.69. The van der Waals surface area contributed by atoms with E-state index in [-0.39, 0.29) is 32.9 Å². The number of benzene rings is 3. The minimum Gasteiger partial charge on any atom is -0.497 e. The van der Waals surface area contributed by atoms with E-state index in [4.69, 9.17) is 16.3 Å². The van der Waals surface area contributed by atoms with Gasteiger partial charge in [0.05, 0.1) is 34.4 Å². The Balaban J connectivity index is 1.67. The van der Waals surface area contributed by atoms with Crippen LogP contribution in [-0.4, -0.2) is 33.2 Å². The number of carbonyl (C=O) groups excluding carboxylic acids is 1. The number of hydrogen-bond acceptors (Lipinski definition) is 7. The van der Waals surface area contributed by atoms with Crippen molar-refractivity contribution in [2.45, 2.75) is 5.16 Å². The number of nitro benzene ring substituents is 1. The first-order valence-electron chi connectivity index (χ1n) is 9.90. The first-order chi connectivity index (χ1) is 16.4. The lowest BCUT2D eigenvalue weighted by Crippen LogP contribution is -2.23. The number of fused-ring (bicyclic) bond motifs is 1. The molecule has 0 fully saturated rings. The van der Waals surface area contributed by atoms with Gasteiger partial charge in [-0.3, -0.25) is 24.3 Å². The summed E-state index contributed by atoms with van der Waals surface area (Å²) in [6.45, 7) is 0. The van der Waals surface area contributed by atoms with Gasteiger partial charge in [-0.25, -0.2) is 4.98 Å². The van der Waals surface area contributed by atoms with Crippen molar-refractivity contribution in [3.63, 3.8) is 0 Å². The van der Waals surface area contributed by atoms with Crippen LogP contribution in [0, 0.1) is 10.1 Å². The van der Waals surface area contributed by atoms with Gasteiger partial charge in [0.15, 0.2) is 5.16 Å². The number of thioether (sulfide) groups is 1. The molecule has 3 aromatic carbocycles. The van der Waals surface area contributed by atoms with E-state index in [2.05, 4.69) is 10.3 Å². The maximum Gasteiger partial charge on any atom is 0.294 e. The number of nitrogens with zero attached hydrogens (tertiary/aromatic N) is 3. The summed E-state index contributed by atoms with van der Waals surface area (Å²) in [5.74, 6) is -0.0922. The van der Waals surface area contributed by atoms with Crippen LogP contribution in [0.2, 0.25) is 5.02 Å². The van der Waals surface area contributed by atoms with Gasteiger partial charge in [0, 0.05) is 17.2 Å². The number of hydrogen-bond donors (Lipinski definition) is 1. The molecule has 0 bridgehead atoms. The summed E-state index contributed by atoms with van der Waals surface area (Å²) in [6, 6.07) is 17.8. The Morgan fingerprint density at radius 2 is 1.97 bits per heavy atom. The van der Waals surface area contributed by atoms with Gasteiger partial charge >= 0.3 is 0 Å². The summed E-state index contributed by atoms with van der Waals surface area (Å²) in [7, 11) is 1.52. The number of aromatic nitrogens is 2. The highest BCUT2D eigenvalue weighted by molar-refractivity contribution is 7.99. The molecule has 0 spiro atoms. The summed E-state index contributed by atoms with van der Waals surface area (Å²) in [5, 5.41) is 14.7. The van der Waals surface area contributed by atoms with E-state index in [1.807, 2.05) is 0 Å². The summed E-state index contributed by atoms with van der Waals surface area (Å²) < 4.78 is 6.69. The first kappa shape index (κ1) is 23.3. The number of nitrogens with one attached hydrogen (secondary N) is 1. The second-order valence-corrected chi connectivity index (χ2v) is 8.39. The van der Waals surface area contributed by atoms with Gasteiger partial charge in [-0.05, 0) is 36.4 Å². The number of carbonyl (C=O) groups is 1. The molecule has 1 N–H and O–H groups in total. The molecule has 1 aromatic heterocycles. The number of halogens is 1. The predicted molar refractivity (Wildman–Crippen MR) is 131 cm³/mol. The van der Waals surface area contributed by atoms with E-state index in [1.54, 1.807) is 48.5 Å². The number of amides is 1. The van der Waals surface area contributed by atoms with Gasteiger partial charge in [0.25, 0.3) is 11.2 Å². The molecule has 0 radical (unpaired) electrons. The minimum atomic E-state index is -0.625. The smallest absolute Gasteiger partial charge is 0.294 e. The molecule has 9 nitrogen and oxygen atoms in total. The van der Waals surface area contributed by atoms with Crippen LogP contribution in [0.1, 0.15) is 0 Å². The fraction of sp³-hybridized carbons (Fsp3) is 0.0870. The highest BCUT2D eigenvalue weighted by Crippen LogP contribution is 2.28. The van der Waals surface area contributed by atoms with Crippen molar-refractivity contribution in [2.24, 2.45) is 0 Å². The molecule has 4 rings (SSSR count). The quantitative estimate of drug-likeness (QED) is 0.171. The van der Waals surface area contributed by atoms with Crippen molar-refractivity contribution < 1.29 is 14.5 Å². The van der Waals surface area contributed by atoms with Crippen LogP contribution in [0.25, 0.3) is 16.6 Å². The summed E-state index contributed by atoms with van der Waals surface area (Å²) >= 11 is 6.86. The molecule has 0 aliphatic carbocycles. The van der Waals surface area contributed by atoms with Crippen molar-refractivity contribution in [3.8, 4) is 11.4 Å². The molecule has 0 aliphatic heterocycles. The number of para-hydroxylation sites is 1.